The fourth-order valence-electron chi connectivity index (χ4n) is 2.84. The summed E-state index contributed by atoms with van der Waals surface area (Å²) in [5.41, 5.74) is 1.91. The number of hydrogen-bond donors (Lipinski definition) is 1. The zero-order valence-corrected chi connectivity index (χ0v) is 16.5. The number of oxazole rings is 1. The highest BCUT2D eigenvalue weighted by Gasteiger charge is 2.20. The van der Waals surface area contributed by atoms with Crippen molar-refractivity contribution in [2.45, 2.75) is 38.8 Å². The van der Waals surface area contributed by atoms with Gasteiger partial charge in [-0.3, -0.25) is 9.59 Å². The number of ether oxygens (including phenoxy) is 1. The average molecular weight is 392 g/mol. The van der Waals surface area contributed by atoms with Crippen molar-refractivity contribution in [2.75, 3.05) is 0 Å². The van der Waals surface area contributed by atoms with Crippen LogP contribution in [0.1, 0.15) is 37.8 Å². The van der Waals surface area contributed by atoms with Crippen molar-refractivity contribution in [3.05, 3.63) is 78.3 Å². The molecule has 0 aliphatic rings. The summed E-state index contributed by atoms with van der Waals surface area (Å²) in [7, 11) is 0. The summed E-state index contributed by atoms with van der Waals surface area (Å²) in [6, 6.07) is 19.0. The van der Waals surface area contributed by atoms with Crippen LogP contribution in [0.5, 0.6) is 0 Å². The molecular weight excluding hydrogens is 368 g/mol. The Kier molecular flexibility index (Phi) is 6.79. The van der Waals surface area contributed by atoms with Crippen LogP contribution in [0, 0.1) is 0 Å². The van der Waals surface area contributed by atoms with Crippen molar-refractivity contribution in [3.63, 3.8) is 0 Å². The minimum atomic E-state index is -0.877. The molecule has 0 fully saturated rings. The number of aryl methyl sites for hydroxylation is 1. The molecule has 29 heavy (non-hydrogen) atoms. The van der Waals surface area contributed by atoms with E-state index in [1.54, 1.807) is 13.1 Å². The van der Waals surface area contributed by atoms with Gasteiger partial charge in [0.1, 0.15) is 0 Å². The summed E-state index contributed by atoms with van der Waals surface area (Å²) in [4.78, 5) is 28.6. The Balaban J connectivity index is 1.45. The molecule has 1 aromatic heterocycles. The highest BCUT2D eigenvalue weighted by molar-refractivity contribution is 5.83. The van der Waals surface area contributed by atoms with Gasteiger partial charge < -0.3 is 14.5 Å². The highest BCUT2D eigenvalue weighted by Crippen LogP contribution is 2.20. The van der Waals surface area contributed by atoms with E-state index in [9.17, 15) is 9.59 Å². The third kappa shape index (κ3) is 5.78. The first-order valence-electron chi connectivity index (χ1n) is 9.58. The lowest BCUT2D eigenvalue weighted by Gasteiger charge is -2.18. The van der Waals surface area contributed by atoms with Crippen LogP contribution in [-0.2, 0) is 20.7 Å². The van der Waals surface area contributed by atoms with Crippen molar-refractivity contribution in [1.82, 2.24) is 10.3 Å². The van der Waals surface area contributed by atoms with Crippen molar-refractivity contribution < 1.29 is 18.7 Å². The fourth-order valence-corrected chi connectivity index (χ4v) is 2.84. The number of carbonyl (C=O) groups is 2. The fraction of sp³-hybridized carbons (Fsp3) is 0.261. The molecule has 0 saturated heterocycles. The molecule has 2 unspecified atom stereocenters. The Labute approximate surface area is 169 Å². The van der Waals surface area contributed by atoms with Crippen molar-refractivity contribution in [3.8, 4) is 11.3 Å². The largest absolute Gasteiger partial charge is 0.453 e. The predicted octanol–water partition coefficient (Wildman–Crippen LogP) is 4.08. The second-order valence-electron chi connectivity index (χ2n) is 6.76. The second-order valence-corrected chi connectivity index (χ2v) is 6.76. The van der Waals surface area contributed by atoms with E-state index in [-0.39, 0.29) is 18.4 Å². The van der Waals surface area contributed by atoms with Crippen LogP contribution in [-0.4, -0.2) is 23.0 Å². The zero-order chi connectivity index (χ0) is 20.6. The maximum absolute atomic E-state index is 12.3. The van der Waals surface area contributed by atoms with Crippen LogP contribution < -0.4 is 5.32 Å². The Morgan fingerprint density at radius 2 is 1.69 bits per heavy atom. The third-order valence-electron chi connectivity index (χ3n) is 4.49. The molecule has 0 spiro atoms. The molecule has 0 saturated carbocycles. The first-order chi connectivity index (χ1) is 14.0. The molecule has 1 amide bonds. The average Bonchev–Trinajstić information content (AvgIpc) is 3.22. The number of aromatic nitrogens is 1. The van der Waals surface area contributed by atoms with E-state index in [1.807, 2.05) is 67.6 Å². The Morgan fingerprint density at radius 3 is 2.38 bits per heavy atom. The summed E-state index contributed by atoms with van der Waals surface area (Å²) in [5, 5.41) is 2.85. The van der Waals surface area contributed by atoms with Gasteiger partial charge in [0.15, 0.2) is 17.8 Å². The lowest BCUT2D eigenvalue weighted by Crippen LogP contribution is -2.37. The normalized spacial score (nSPS) is 12.8. The minimum Gasteiger partial charge on any atom is -0.453 e. The Bertz CT molecular complexity index is 938. The van der Waals surface area contributed by atoms with E-state index in [1.165, 1.54) is 0 Å². The lowest BCUT2D eigenvalue weighted by molar-refractivity contribution is -0.155. The molecule has 0 aliphatic carbocycles. The van der Waals surface area contributed by atoms with Crippen molar-refractivity contribution in [2.24, 2.45) is 0 Å². The number of nitrogens with one attached hydrogen (secondary N) is 1. The number of benzene rings is 2. The van der Waals surface area contributed by atoms with Crippen LogP contribution in [0.15, 0.2) is 71.3 Å². The van der Waals surface area contributed by atoms with Crippen LogP contribution in [0.2, 0.25) is 0 Å². The summed E-state index contributed by atoms with van der Waals surface area (Å²) in [6.07, 6.45) is 1.15. The first kappa shape index (κ1) is 20.3. The van der Waals surface area contributed by atoms with E-state index in [2.05, 4.69) is 10.3 Å². The van der Waals surface area contributed by atoms with Crippen LogP contribution in [0.4, 0.5) is 0 Å². The molecule has 0 radical (unpaired) electrons. The molecule has 0 aliphatic heterocycles. The quantitative estimate of drug-likeness (QED) is 0.584. The van der Waals surface area contributed by atoms with E-state index in [0.717, 1.165) is 11.1 Å². The second kappa shape index (κ2) is 9.68. The molecule has 1 N–H and O–H groups in total. The maximum atomic E-state index is 12.3. The molecule has 0 bridgehead atoms. The molecule has 1 heterocycles. The highest BCUT2D eigenvalue weighted by atomic mass is 16.5. The molecule has 2 aromatic carbocycles. The molecule has 2 atom stereocenters. The SMILES string of the molecule is CC(OC(=O)CCc1ncc(-c2ccccc2)o1)C(=O)NC(C)c1ccccc1. The molecular formula is C23H24N2O4. The van der Waals surface area contributed by atoms with E-state index < -0.39 is 12.1 Å². The number of amides is 1. The molecule has 6 nitrogen and oxygen atoms in total. The first-order valence-corrected chi connectivity index (χ1v) is 9.58. The standard InChI is InChI=1S/C23H24N2O4/c1-16(18-9-5-3-6-10-18)25-23(27)17(2)28-22(26)14-13-21-24-15-20(29-21)19-11-7-4-8-12-19/h3-12,15-17H,13-14H2,1-2H3,(H,25,27). The van der Waals surface area contributed by atoms with Gasteiger partial charge in [0.25, 0.3) is 5.91 Å². The van der Waals surface area contributed by atoms with Gasteiger partial charge in [-0.2, -0.15) is 0 Å². The van der Waals surface area contributed by atoms with Gasteiger partial charge >= 0.3 is 5.97 Å². The van der Waals surface area contributed by atoms with Gasteiger partial charge in [-0.05, 0) is 19.4 Å². The van der Waals surface area contributed by atoms with Crippen molar-refractivity contribution >= 4 is 11.9 Å². The van der Waals surface area contributed by atoms with Gasteiger partial charge in [-0.15, -0.1) is 0 Å². The number of esters is 1. The minimum absolute atomic E-state index is 0.0839. The summed E-state index contributed by atoms with van der Waals surface area (Å²) in [5.74, 6) is 0.295. The number of nitrogens with zero attached hydrogens (tertiary/aromatic N) is 1. The van der Waals surface area contributed by atoms with Crippen molar-refractivity contribution in [1.29, 1.82) is 0 Å². The monoisotopic (exact) mass is 392 g/mol. The molecule has 6 heteroatoms. The summed E-state index contributed by atoms with van der Waals surface area (Å²) in [6.45, 7) is 3.44. The van der Waals surface area contributed by atoms with Gasteiger partial charge in [0.05, 0.1) is 18.7 Å². The van der Waals surface area contributed by atoms with Crippen LogP contribution in [0.25, 0.3) is 11.3 Å². The molecule has 3 rings (SSSR count). The maximum Gasteiger partial charge on any atom is 0.307 e. The Hall–Kier alpha value is -3.41. The van der Waals surface area contributed by atoms with E-state index in [0.29, 0.717) is 18.1 Å². The van der Waals surface area contributed by atoms with Crippen LogP contribution in [0.3, 0.4) is 0 Å². The number of hydrogen-bond acceptors (Lipinski definition) is 5. The summed E-state index contributed by atoms with van der Waals surface area (Å²) >= 11 is 0. The number of carbonyl (C=O) groups excluding carboxylic acids is 2. The van der Waals surface area contributed by atoms with Gasteiger partial charge in [-0.1, -0.05) is 60.7 Å². The zero-order valence-electron chi connectivity index (χ0n) is 16.5. The topological polar surface area (TPSA) is 81.4 Å². The summed E-state index contributed by atoms with van der Waals surface area (Å²) < 4.78 is 10.9. The predicted molar refractivity (Wildman–Crippen MR) is 109 cm³/mol. The van der Waals surface area contributed by atoms with E-state index >= 15 is 0 Å². The van der Waals surface area contributed by atoms with Gasteiger partial charge in [0.2, 0.25) is 0 Å². The lowest BCUT2D eigenvalue weighted by atomic mass is 10.1. The van der Waals surface area contributed by atoms with E-state index in [4.69, 9.17) is 9.15 Å². The van der Waals surface area contributed by atoms with Crippen LogP contribution >= 0.6 is 0 Å². The van der Waals surface area contributed by atoms with Gasteiger partial charge in [-0.25, -0.2) is 4.98 Å². The number of rotatable bonds is 8. The molecule has 3 aromatic rings. The third-order valence-corrected chi connectivity index (χ3v) is 4.49. The smallest absolute Gasteiger partial charge is 0.307 e. The Morgan fingerprint density at radius 1 is 1.03 bits per heavy atom. The van der Waals surface area contributed by atoms with Gasteiger partial charge in [0, 0.05) is 12.0 Å². The molecule has 150 valence electrons.